The van der Waals surface area contributed by atoms with Crippen LogP contribution in [0.3, 0.4) is 0 Å². The van der Waals surface area contributed by atoms with Crippen LogP contribution >= 0.6 is 34.8 Å². The summed E-state index contributed by atoms with van der Waals surface area (Å²) < 4.78 is 9.63. The largest absolute Gasteiger partial charge is 0.462 e. The van der Waals surface area contributed by atoms with Crippen LogP contribution in [0.1, 0.15) is 74.3 Å². The van der Waals surface area contributed by atoms with Crippen molar-refractivity contribution in [2.75, 3.05) is 0 Å². The van der Waals surface area contributed by atoms with Gasteiger partial charge in [-0.3, -0.25) is 9.59 Å². The first-order chi connectivity index (χ1) is 14.6. The van der Waals surface area contributed by atoms with E-state index in [2.05, 4.69) is 6.92 Å². The van der Waals surface area contributed by atoms with Gasteiger partial charge >= 0.3 is 5.97 Å². The normalized spacial score (nSPS) is 39.1. The zero-order valence-electron chi connectivity index (χ0n) is 18.0. The van der Waals surface area contributed by atoms with E-state index >= 15 is 0 Å². The van der Waals surface area contributed by atoms with Gasteiger partial charge in [-0.2, -0.15) is 0 Å². The molecule has 1 aromatic rings. The number of alkyl halides is 3. The molecule has 0 radical (unpaired) electrons. The van der Waals surface area contributed by atoms with Crippen LogP contribution < -0.4 is 0 Å². The molecule has 0 saturated heterocycles. The number of Topliss-reactive ketones (excluding diaryl/α,β-unsaturated/α-hetero) is 1. The van der Waals surface area contributed by atoms with Crippen molar-refractivity contribution >= 4 is 46.6 Å². The standard InChI is InChI=1S/C24H29Cl3O4/c1-12(28)30-21-6-5-18-16-4-3-13-10-19-14(11-20(31-19)22(29)24(25,26)27)9-17(13)15(16)7-8-23(18,21)2/h11,13,15-18,21H,3-10H2,1-2H3/t13-,15-,16+,17-,18-,21-,23-/m0/s1. The molecule has 1 heterocycles. The van der Waals surface area contributed by atoms with Crippen molar-refractivity contribution in [3.8, 4) is 0 Å². The third-order valence-electron chi connectivity index (χ3n) is 9.02. The molecule has 170 valence electrons. The Kier molecular flexibility index (Phi) is 5.47. The minimum absolute atomic E-state index is 0.0657. The number of ether oxygens (including phenoxy) is 1. The van der Waals surface area contributed by atoms with Crippen molar-refractivity contribution in [2.24, 2.45) is 35.0 Å². The lowest BCUT2D eigenvalue weighted by Crippen LogP contribution is -2.50. The van der Waals surface area contributed by atoms with E-state index in [1.165, 1.54) is 26.2 Å². The van der Waals surface area contributed by atoms with Crippen LogP contribution in [0, 0.1) is 35.0 Å². The van der Waals surface area contributed by atoms with Gasteiger partial charge in [0.15, 0.2) is 5.76 Å². The van der Waals surface area contributed by atoms with E-state index in [1.807, 2.05) is 0 Å². The fraction of sp³-hybridized carbons (Fsp3) is 0.750. The maximum atomic E-state index is 12.4. The third kappa shape index (κ3) is 3.65. The van der Waals surface area contributed by atoms with Crippen LogP contribution in [0.4, 0.5) is 0 Å². The second-order valence-electron chi connectivity index (χ2n) is 10.4. The molecule has 4 aliphatic carbocycles. The fourth-order valence-electron chi connectivity index (χ4n) is 7.71. The smallest absolute Gasteiger partial charge is 0.302 e. The van der Waals surface area contributed by atoms with Gasteiger partial charge in [-0.25, -0.2) is 0 Å². The summed E-state index contributed by atoms with van der Waals surface area (Å²) in [5.41, 5.74) is 1.22. The fourth-order valence-corrected chi connectivity index (χ4v) is 7.99. The quantitative estimate of drug-likeness (QED) is 0.278. The predicted octanol–water partition coefficient (Wildman–Crippen LogP) is 6.33. The van der Waals surface area contributed by atoms with Crippen molar-refractivity contribution in [1.29, 1.82) is 0 Å². The van der Waals surface area contributed by atoms with Crippen molar-refractivity contribution < 1.29 is 18.7 Å². The van der Waals surface area contributed by atoms with Crippen LogP contribution in [0.2, 0.25) is 0 Å². The molecule has 0 N–H and O–H groups in total. The first-order valence-corrected chi connectivity index (χ1v) is 12.6. The first kappa shape index (κ1) is 22.1. The molecule has 5 rings (SSSR count). The number of esters is 1. The summed E-state index contributed by atoms with van der Waals surface area (Å²) in [7, 11) is 0. The summed E-state index contributed by atoms with van der Waals surface area (Å²) in [6.07, 6.45) is 8.75. The number of rotatable bonds is 2. The topological polar surface area (TPSA) is 56.5 Å². The molecule has 0 unspecified atom stereocenters. The molecule has 0 aliphatic heterocycles. The molecule has 0 bridgehead atoms. The second kappa shape index (κ2) is 7.67. The van der Waals surface area contributed by atoms with Gasteiger partial charge in [0.05, 0.1) is 0 Å². The lowest BCUT2D eigenvalue weighted by atomic mass is 9.50. The van der Waals surface area contributed by atoms with Gasteiger partial charge in [0.1, 0.15) is 11.9 Å². The number of fused-ring (bicyclic) bond motifs is 6. The number of carbonyl (C=O) groups is 2. The van der Waals surface area contributed by atoms with E-state index in [1.54, 1.807) is 6.07 Å². The molecular weight excluding hydrogens is 459 g/mol. The molecular formula is C24H29Cl3O4. The van der Waals surface area contributed by atoms with Crippen LogP contribution in [0.15, 0.2) is 10.5 Å². The highest BCUT2D eigenvalue weighted by Gasteiger charge is 2.58. The van der Waals surface area contributed by atoms with Crippen LogP contribution in [-0.4, -0.2) is 21.6 Å². The van der Waals surface area contributed by atoms with E-state index < -0.39 is 9.58 Å². The Morgan fingerprint density at radius 1 is 1.06 bits per heavy atom. The van der Waals surface area contributed by atoms with Gasteiger partial charge in [-0.15, -0.1) is 0 Å². The average molecular weight is 488 g/mol. The van der Waals surface area contributed by atoms with E-state index in [0.29, 0.717) is 29.6 Å². The van der Waals surface area contributed by atoms with Crippen molar-refractivity contribution in [2.45, 2.75) is 75.1 Å². The number of ketones is 1. The molecule has 3 fully saturated rings. The Bertz CT molecular complexity index is 903. The molecule has 0 spiro atoms. The minimum atomic E-state index is -1.99. The predicted molar refractivity (Wildman–Crippen MR) is 120 cm³/mol. The zero-order valence-corrected chi connectivity index (χ0v) is 20.2. The average Bonchev–Trinajstić information content (AvgIpc) is 3.25. The summed E-state index contributed by atoms with van der Waals surface area (Å²) in [5.74, 6) is 3.51. The van der Waals surface area contributed by atoms with E-state index in [4.69, 9.17) is 44.0 Å². The summed E-state index contributed by atoms with van der Waals surface area (Å²) in [5, 5.41) is 0. The van der Waals surface area contributed by atoms with Crippen molar-refractivity contribution in [3.05, 3.63) is 23.2 Å². The number of furan rings is 1. The maximum Gasteiger partial charge on any atom is 0.302 e. The number of hydrogen-bond donors (Lipinski definition) is 0. The summed E-state index contributed by atoms with van der Waals surface area (Å²) in [6, 6.07) is 1.80. The number of hydrogen-bond acceptors (Lipinski definition) is 4. The Labute approximate surface area is 198 Å². The van der Waals surface area contributed by atoms with Crippen LogP contribution in [0.25, 0.3) is 0 Å². The molecule has 0 aromatic carbocycles. The maximum absolute atomic E-state index is 12.4. The zero-order chi connectivity index (χ0) is 22.1. The number of halogens is 3. The van der Waals surface area contributed by atoms with Gasteiger partial charge in [-0.1, -0.05) is 41.7 Å². The molecule has 4 nitrogen and oxygen atoms in total. The summed E-state index contributed by atoms with van der Waals surface area (Å²) in [4.78, 5) is 24.0. The molecule has 31 heavy (non-hydrogen) atoms. The van der Waals surface area contributed by atoms with Crippen LogP contribution in [0.5, 0.6) is 0 Å². The molecule has 4 aliphatic rings. The van der Waals surface area contributed by atoms with Gasteiger partial charge < -0.3 is 9.15 Å². The second-order valence-corrected chi connectivity index (χ2v) is 12.7. The van der Waals surface area contributed by atoms with Crippen molar-refractivity contribution in [1.82, 2.24) is 0 Å². The Balaban J connectivity index is 1.36. The van der Waals surface area contributed by atoms with E-state index in [9.17, 15) is 9.59 Å². The highest BCUT2D eigenvalue weighted by atomic mass is 35.6. The monoisotopic (exact) mass is 486 g/mol. The highest BCUT2D eigenvalue weighted by Crippen LogP contribution is 2.62. The minimum Gasteiger partial charge on any atom is -0.462 e. The molecule has 0 amide bonds. The van der Waals surface area contributed by atoms with E-state index in [-0.39, 0.29) is 23.2 Å². The molecule has 1 aromatic heterocycles. The third-order valence-corrected chi connectivity index (χ3v) is 9.54. The lowest BCUT2D eigenvalue weighted by Gasteiger charge is -2.55. The summed E-state index contributed by atoms with van der Waals surface area (Å²) in [6.45, 7) is 3.88. The Hall–Kier alpha value is -0.710. The first-order valence-electron chi connectivity index (χ1n) is 11.5. The van der Waals surface area contributed by atoms with Gasteiger partial charge in [0.2, 0.25) is 5.78 Å². The number of carbonyl (C=O) groups excluding carboxylic acids is 2. The molecule has 3 saturated carbocycles. The Morgan fingerprint density at radius 2 is 1.84 bits per heavy atom. The summed E-state index contributed by atoms with van der Waals surface area (Å²) >= 11 is 17.4. The van der Waals surface area contributed by atoms with Crippen molar-refractivity contribution in [3.63, 3.8) is 0 Å². The highest BCUT2D eigenvalue weighted by molar-refractivity contribution is 6.77. The Morgan fingerprint density at radius 3 is 2.55 bits per heavy atom. The molecule has 7 heteroatoms. The van der Waals surface area contributed by atoms with Gasteiger partial charge in [0.25, 0.3) is 3.79 Å². The van der Waals surface area contributed by atoms with Gasteiger partial charge in [-0.05, 0) is 86.2 Å². The SMILES string of the molecule is CC(=O)O[C@H]1CC[C@H]2[C@@H]3CC[C@H]4Cc5oc(C(=O)C(Cl)(Cl)Cl)cc5C[C@@H]4[C@H]3CC[C@]12C. The lowest BCUT2D eigenvalue weighted by molar-refractivity contribution is -0.157. The van der Waals surface area contributed by atoms with E-state index in [0.717, 1.165) is 43.4 Å². The molecule has 7 atom stereocenters. The van der Waals surface area contributed by atoms with Crippen LogP contribution in [-0.2, 0) is 22.4 Å². The van der Waals surface area contributed by atoms with Gasteiger partial charge in [0, 0.05) is 18.8 Å².